The molecule has 176 valence electrons. The Morgan fingerprint density at radius 1 is 1.09 bits per heavy atom. The van der Waals surface area contributed by atoms with E-state index in [1.165, 1.54) is 26.2 Å². The van der Waals surface area contributed by atoms with E-state index in [9.17, 15) is 13.2 Å². The zero-order valence-electron chi connectivity index (χ0n) is 19.0. The number of hydrogen-bond donors (Lipinski definition) is 1. The number of carbonyl (C=O) groups excluding carboxylic acids is 1. The van der Waals surface area contributed by atoms with E-state index in [1.54, 1.807) is 29.3 Å². The Morgan fingerprint density at radius 3 is 2.45 bits per heavy atom. The summed E-state index contributed by atoms with van der Waals surface area (Å²) >= 11 is 0. The van der Waals surface area contributed by atoms with Gasteiger partial charge in [-0.15, -0.1) is 0 Å². The number of nitrogens with one attached hydrogen (secondary N) is 1. The molecule has 1 N–H and O–H groups in total. The van der Waals surface area contributed by atoms with Gasteiger partial charge in [0.05, 0.1) is 16.5 Å². The van der Waals surface area contributed by atoms with Crippen molar-refractivity contribution >= 4 is 38.5 Å². The molecule has 0 aliphatic carbocycles. The van der Waals surface area contributed by atoms with Crippen LogP contribution in [0.1, 0.15) is 6.42 Å². The molecule has 1 fully saturated rings. The lowest BCUT2D eigenvalue weighted by Gasteiger charge is -2.35. The van der Waals surface area contributed by atoms with Crippen molar-refractivity contribution in [3.63, 3.8) is 0 Å². The van der Waals surface area contributed by atoms with Gasteiger partial charge in [0, 0.05) is 66.0 Å². The minimum Gasteiger partial charge on any atom is -0.353 e. The number of anilines is 2. The third-order valence-corrected chi connectivity index (χ3v) is 7.58. The van der Waals surface area contributed by atoms with E-state index in [0.717, 1.165) is 47.3 Å². The van der Waals surface area contributed by atoms with E-state index in [4.69, 9.17) is 0 Å². The van der Waals surface area contributed by atoms with Crippen molar-refractivity contribution in [2.45, 2.75) is 11.3 Å². The Morgan fingerprint density at radius 2 is 1.79 bits per heavy atom. The molecule has 33 heavy (non-hydrogen) atoms. The first-order chi connectivity index (χ1) is 15.8. The lowest BCUT2D eigenvalue weighted by atomic mass is 10.2. The standard InChI is InChI=1S/C21H28N8O3S/c1-26(2)33(31,32)17-6-4-16(5-7-17)25-19(30)8-9-28-10-12-29(13-11-28)21-18-14-24-27(3)20(18)22-15-23-21/h4-7,14-15H,8-13H2,1-3H3,(H,25,30). The first-order valence-corrected chi connectivity index (χ1v) is 12.1. The summed E-state index contributed by atoms with van der Waals surface area (Å²) in [6.45, 7) is 3.93. The van der Waals surface area contributed by atoms with Gasteiger partial charge >= 0.3 is 0 Å². The maximum Gasteiger partial charge on any atom is 0.242 e. The highest BCUT2D eigenvalue weighted by atomic mass is 32.2. The van der Waals surface area contributed by atoms with Gasteiger partial charge in [0.15, 0.2) is 5.65 Å². The molecule has 3 aromatic rings. The summed E-state index contributed by atoms with van der Waals surface area (Å²) in [4.78, 5) is 25.8. The Labute approximate surface area is 193 Å². The molecule has 11 nitrogen and oxygen atoms in total. The van der Waals surface area contributed by atoms with Crippen LogP contribution >= 0.6 is 0 Å². The lowest BCUT2D eigenvalue weighted by molar-refractivity contribution is -0.116. The SMILES string of the molecule is CN(C)S(=O)(=O)c1ccc(NC(=O)CCN2CCN(c3ncnc4c3cnn4C)CC2)cc1. The molecule has 2 aromatic heterocycles. The molecular weight excluding hydrogens is 444 g/mol. The zero-order valence-corrected chi connectivity index (χ0v) is 19.8. The number of benzene rings is 1. The molecule has 0 bridgehead atoms. The van der Waals surface area contributed by atoms with Crippen LogP contribution in [-0.4, -0.2) is 90.1 Å². The average molecular weight is 473 g/mol. The number of sulfonamides is 1. The minimum atomic E-state index is -3.49. The molecule has 0 unspecified atom stereocenters. The fourth-order valence-electron chi connectivity index (χ4n) is 3.79. The van der Waals surface area contributed by atoms with E-state index >= 15 is 0 Å². The maximum atomic E-state index is 12.4. The number of aryl methyl sites for hydroxylation is 1. The number of aromatic nitrogens is 4. The van der Waals surface area contributed by atoms with Crippen molar-refractivity contribution in [2.75, 3.05) is 57.0 Å². The topological polar surface area (TPSA) is 117 Å². The number of nitrogens with zero attached hydrogens (tertiary/aromatic N) is 7. The van der Waals surface area contributed by atoms with Crippen LogP contribution in [0.25, 0.3) is 11.0 Å². The molecule has 4 rings (SSSR count). The van der Waals surface area contributed by atoms with Gasteiger partial charge in [-0.1, -0.05) is 0 Å². The van der Waals surface area contributed by atoms with Gasteiger partial charge in [-0.05, 0) is 24.3 Å². The van der Waals surface area contributed by atoms with E-state index < -0.39 is 10.0 Å². The summed E-state index contributed by atoms with van der Waals surface area (Å²) in [5, 5.41) is 8.05. The largest absolute Gasteiger partial charge is 0.353 e. The quantitative estimate of drug-likeness (QED) is 0.536. The van der Waals surface area contributed by atoms with E-state index in [0.29, 0.717) is 18.7 Å². The van der Waals surface area contributed by atoms with Gasteiger partial charge in [0.2, 0.25) is 15.9 Å². The summed E-state index contributed by atoms with van der Waals surface area (Å²) in [5.74, 6) is 0.790. The van der Waals surface area contributed by atoms with Gasteiger partial charge < -0.3 is 10.2 Å². The molecule has 0 spiro atoms. The van der Waals surface area contributed by atoms with Crippen LogP contribution in [0.2, 0.25) is 0 Å². The summed E-state index contributed by atoms with van der Waals surface area (Å²) in [6, 6.07) is 6.20. The molecule has 12 heteroatoms. The summed E-state index contributed by atoms with van der Waals surface area (Å²) in [6.07, 6.45) is 3.72. The first-order valence-electron chi connectivity index (χ1n) is 10.7. The first kappa shape index (κ1) is 23.1. The molecule has 1 saturated heterocycles. The average Bonchev–Trinajstić information content (AvgIpc) is 3.19. The predicted octanol–water partition coefficient (Wildman–Crippen LogP) is 0.764. The number of rotatable bonds is 7. The molecule has 1 aromatic carbocycles. The fourth-order valence-corrected chi connectivity index (χ4v) is 4.69. The number of hydrogen-bond acceptors (Lipinski definition) is 8. The molecule has 1 amide bonds. The van der Waals surface area contributed by atoms with Crippen molar-refractivity contribution in [3.8, 4) is 0 Å². The van der Waals surface area contributed by atoms with Crippen molar-refractivity contribution in [3.05, 3.63) is 36.8 Å². The molecule has 0 saturated carbocycles. The van der Waals surface area contributed by atoms with Crippen LogP contribution in [0.5, 0.6) is 0 Å². The van der Waals surface area contributed by atoms with E-state index in [1.807, 2.05) is 7.05 Å². The third-order valence-electron chi connectivity index (χ3n) is 5.75. The highest BCUT2D eigenvalue weighted by Gasteiger charge is 2.21. The van der Waals surface area contributed by atoms with Gasteiger partial charge in [0.25, 0.3) is 0 Å². The van der Waals surface area contributed by atoms with Crippen LogP contribution in [-0.2, 0) is 21.9 Å². The molecular formula is C21H28N8O3S. The number of carbonyl (C=O) groups is 1. The van der Waals surface area contributed by atoms with Crippen molar-refractivity contribution in [1.29, 1.82) is 0 Å². The third kappa shape index (κ3) is 4.97. The van der Waals surface area contributed by atoms with Crippen LogP contribution in [0, 0.1) is 0 Å². The highest BCUT2D eigenvalue weighted by molar-refractivity contribution is 7.89. The van der Waals surface area contributed by atoms with Crippen molar-refractivity contribution in [2.24, 2.45) is 7.05 Å². The second-order valence-corrected chi connectivity index (χ2v) is 10.3. The van der Waals surface area contributed by atoms with Crippen molar-refractivity contribution in [1.82, 2.24) is 29.0 Å². The summed E-state index contributed by atoms with van der Waals surface area (Å²) < 4.78 is 27.2. The lowest BCUT2D eigenvalue weighted by Crippen LogP contribution is -2.47. The molecule has 1 aliphatic heterocycles. The smallest absolute Gasteiger partial charge is 0.242 e. The highest BCUT2D eigenvalue weighted by Crippen LogP contribution is 2.23. The van der Waals surface area contributed by atoms with Crippen molar-refractivity contribution < 1.29 is 13.2 Å². The maximum absolute atomic E-state index is 12.4. The monoisotopic (exact) mass is 472 g/mol. The van der Waals surface area contributed by atoms with Gasteiger partial charge in [-0.2, -0.15) is 5.10 Å². The van der Waals surface area contributed by atoms with E-state index in [2.05, 4.69) is 30.2 Å². The number of amides is 1. The zero-order chi connectivity index (χ0) is 23.6. The van der Waals surface area contributed by atoms with Crippen LogP contribution in [0.3, 0.4) is 0 Å². The van der Waals surface area contributed by atoms with Gasteiger partial charge in [0.1, 0.15) is 12.1 Å². The Bertz CT molecular complexity index is 1230. The Kier molecular flexibility index (Phi) is 6.58. The van der Waals surface area contributed by atoms with E-state index in [-0.39, 0.29) is 10.8 Å². The fraction of sp³-hybridized carbons (Fsp3) is 0.429. The Hall–Kier alpha value is -3.09. The minimum absolute atomic E-state index is 0.103. The molecule has 3 heterocycles. The number of fused-ring (bicyclic) bond motifs is 1. The second-order valence-electron chi connectivity index (χ2n) is 8.14. The number of piperazine rings is 1. The second kappa shape index (κ2) is 9.41. The normalized spacial score (nSPS) is 15.3. The molecule has 0 atom stereocenters. The Balaban J connectivity index is 1.26. The van der Waals surface area contributed by atoms with Crippen LogP contribution in [0.4, 0.5) is 11.5 Å². The van der Waals surface area contributed by atoms with Crippen LogP contribution < -0.4 is 10.2 Å². The van der Waals surface area contributed by atoms with Gasteiger partial charge in [-0.3, -0.25) is 14.4 Å². The van der Waals surface area contributed by atoms with Gasteiger partial charge in [-0.25, -0.2) is 22.7 Å². The molecule has 1 aliphatic rings. The molecule has 0 radical (unpaired) electrons. The summed E-state index contributed by atoms with van der Waals surface area (Å²) in [7, 11) is 1.35. The van der Waals surface area contributed by atoms with Crippen LogP contribution in [0.15, 0.2) is 41.7 Å². The predicted molar refractivity (Wildman–Crippen MR) is 126 cm³/mol. The summed E-state index contributed by atoms with van der Waals surface area (Å²) in [5.41, 5.74) is 1.39.